The molecule has 0 aliphatic carbocycles. The Morgan fingerprint density at radius 1 is 1.28 bits per heavy atom. The van der Waals surface area contributed by atoms with Crippen LogP contribution in [0.25, 0.3) is 0 Å². The first-order chi connectivity index (χ1) is 11.7. The lowest BCUT2D eigenvalue weighted by atomic mass is 10.0. The standard InChI is InChI=1S/C17H21F4N3O/c1-22(2)7-12-6-17(20,21)10-24(12)13-8-23(9-13)16(25)14-5-11(18)3-4-15(14)19/h3-5,12-13H,6-10H2,1-2H3/t12-/m0/s1. The maximum Gasteiger partial charge on any atom is 0.262 e. The van der Waals surface area contributed by atoms with E-state index in [1.54, 1.807) is 4.90 Å². The van der Waals surface area contributed by atoms with Crippen LogP contribution < -0.4 is 0 Å². The van der Waals surface area contributed by atoms with Crippen LogP contribution in [0.4, 0.5) is 17.6 Å². The maximum atomic E-state index is 13.8. The summed E-state index contributed by atoms with van der Waals surface area (Å²) in [5.74, 6) is -4.82. The Balaban J connectivity index is 1.65. The minimum atomic E-state index is -2.74. The third-order valence-electron chi connectivity index (χ3n) is 4.77. The number of hydrogen-bond acceptors (Lipinski definition) is 3. The summed E-state index contributed by atoms with van der Waals surface area (Å²) in [4.78, 5) is 17.3. The molecule has 4 nitrogen and oxygen atoms in total. The summed E-state index contributed by atoms with van der Waals surface area (Å²) in [5, 5.41) is 0. The zero-order valence-electron chi connectivity index (χ0n) is 14.2. The molecule has 0 N–H and O–H groups in total. The Kier molecular flexibility index (Phi) is 4.76. The fraction of sp³-hybridized carbons (Fsp3) is 0.588. The van der Waals surface area contributed by atoms with Crippen LogP contribution in [0, 0.1) is 11.6 Å². The van der Waals surface area contributed by atoms with Gasteiger partial charge in [-0.3, -0.25) is 9.69 Å². The van der Waals surface area contributed by atoms with Gasteiger partial charge in [-0.05, 0) is 32.3 Å². The molecule has 2 fully saturated rings. The molecule has 2 heterocycles. The van der Waals surface area contributed by atoms with Gasteiger partial charge in [-0.2, -0.15) is 0 Å². The number of benzene rings is 1. The molecule has 2 aliphatic heterocycles. The van der Waals surface area contributed by atoms with Gasteiger partial charge in [0.05, 0.1) is 12.1 Å². The zero-order chi connectivity index (χ0) is 18.4. The second kappa shape index (κ2) is 6.57. The summed E-state index contributed by atoms with van der Waals surface area (Å²) in [5.41, 5.74) is -0.324. The van der Waals surface area contributed by atoms with E-state index in [2.05, 4.69) is 0 Å². The number of amides is 1. The predicted octanol–water partition coefficient (Wildman–Crippen LogP) is 2.06. The molecule has 0 aromatic heterocycles. The first-order valence-electron chi connectivity index (χ1n) is 8.19. The van der Waals surface area contributed by atoms with Gasteiger partial charge in [-0.1, -0.05) is 0 Å². The molecule has 1 aromatic carbocycles. The van der Waals surface area contributed by atoms with Gasteiger partial charge in [0, 0.05) is 38.1 Å². The summed E-state index contributed by atoms with van der Waals surface area (Å²) in [6, 6.07) is 2.26. The van der Waals surface area contributed by atoms with Crippen LogP contribution in [0.1, 0.15) is 16.8 Å². The van der Waals surface area contributed by atoms with Crippen molar-refractivity contribution in [1.29, 1.82) is 0 Å². The number of halogens is 4. The van der Waals surface area contributed by atoms with Crippen LogP contribution in [0.3, 0.4) is 0 Å². The summed E-state index contributed by atoms with van der Waals surface area (Å²) >= 11 is 0. The predicted molar refractivity (Wildman–Crippen MR) is 84.7 cm³/mol. The molecular formula is C17H21F4N3O. The molecule has 0 bridgehead atoms. The molecule has 0 radical (unpaired) electrons. The Hall–Kier alpha value is -1.67. The third-order valence-corrected chi connectivity index (χ3v) is 4.77. The quantitative estimate of drug-likeness (QED) is 0.770. The van der Waals surface area contributed by atoms with Crippen LogP contribution in [0.5, 0.6) is 0 Å². The Morgan fingerprint density at radius 3 is 2.60 bits per heavy atom. The van der Waals surface area contributed by atoms with Crippen molar-refractivity contribution in [3.05, 3.63) is 35.4 Å². The molecule has 25 heavy (non-hydrogen) atoms. The van der Waals surface area contributed by atoms with Crippen molar-refractivity contribution in [3.63, 3.8) is 0 Å². The molecule has 1 aromatic rings. The molecule has 3 rings (SSSR count). The van der Waals surface area contributed by atoms with Crippen molar-refractivity contribution >= 4 is 5.91 Å². The Labute approximate surface area is 144 Å². The number of nitrogens with zero attached hydrogens (tertiary/aromatic N) is 3. The van der Waals surface area contributed by atoms with E-state index in [1.807, 2.05) is 19.0 Å². The highest BCUT2D eigenvalue weighted by atomic mass is 19.3. The SMILES string of the molecule is CN(C)C[C@@H]1CC(F)(F)CN1C1CN(C(=O)c2cc(F)ccc2F)C1. The van der Waals surface area contributed by atoms with Gasteiger partial charge in [-0.25, -0.2) is 17.6 Å². The van der Waals surface area contributed by atoms with Gasteiger partial charge in [0.2, 0.25) is 0 Å². The highest BCUT2D eigenvalue weighted by molar-refractivity contribution is 5.95. The van der Waals surface area contributed by atoms with Gasteiger partial charge in [0.15, 0.2) is 0 Å². The summed E-state index contributed by atoms with van der Waals surface area (Å²) in [7, 11) is 3.66. The summed E-state index contributed by atoms with van der Waals surface area (Å²) in [6.07, 6.45) is -0.200. The van der Waals surface area contributed by atoms with E-state index in [9.17, 15) is 22.4 Å². The number of likely N-dealkylation sites (tertiary alicyclic amines) is 2. The Bertz CT molecular complexity index is 661. The van der Waals surface area contributed by atoms with Gasteiger partial charge < -0.3 is 9.80 Å². The molecule has 8 heteroatoms. The van der Waals surface area contributed by atoms with Crippen LogP contribution in [-0.4, -0.2) is 78.9 Å². The highest BCUT2D eigenvalue weighted by Gasteiger charge is 2.50. The topological polar surface area (TPSA) is 26.8 Å². The van der Waals surface area contributed by atoms with Crippen molar-refractivity contribution in [2.75, 3.05) is 40.3 Å². The lowest BCUT2D eigenvalue weighted by molar-refractivity contribution is -0.0115. The average Bonchev–Trinajstić information content (AvgIpc) is 2.73. The lowest BCUT2D eigenvalue weighted by Gasteiger charge is -2.46. The van der Waals surface area contributed by atoms with Crippen molar-refractivity contribution in [2.45, 2.75) is 24.4 Å². The normalized spacial score (nSPS) is 24.0. The van der Waals surface area contributed by atoms with Crippen LogP contribution in [0.15, 0.2) is 18.2 Å². The number of carbonyl (C=O) groups is 1. The first-order valence-corrected chi connectivity index (χ1v) is 8.19. The smallest absolute Gasteiger partial charge is 0.262 e. The fourth-order valence-corrected chi connectivity index (χ4v) is 3.60. The molecule has 2 aliphatic rings. The monoisotopic (exact) mass is 359 g/mol. The molecule has 0 spiro atoms. The van der Waals surface area contributed by atoms with Crippen LogP contribution >= 0.6 is 0 Å². The molecule has 0 saturated carbocycles. The van der Waals surface area contributed by atoms with Gasteiger partial charge in [-0.15, -0.1) is 0 Å². The number of likely N-dealkylation sites (N-methyl/N-ethyl adjacent to an activating group) is 1. The van der Waals surface area contributed by atoms with E-state index in [-0.39, 0.29) is 43.7 Å². The average molecular weight is 359 g/mol. The highest BCUT2D eigenvalue weighted by Crippen LogP contribution is 2.36. The fourth-order valence-electron chi connectivity index (χ4n) is 3.60. The van der Waals surface area contributed by atoms with Crippen molar-refractivity contribution in [2.24, 2.45) is 0 Å². The minimum absolute atomic E-state index is 0.182. The van der Waals surface area contributed by atoms with E-state index in [0.717, 1.165) is 18.2 Å². The maximum absolute atomic E-state index is 13.8. The summed E-state index contributed by atoms with van der Waals surface area (Å²) < 4.78 is 54.6. The number of hydrogen-bond donors (Lipinski definition) is 0. The minimum Gasteiger partial charge on any atom is -0.335 e. The molecule has 1 atom stereocenters. The Morgan fingerprint density at radius 2 is 1.96 bits per heavy atom. The molecular weight excluding hydrogens is 338 g/mol. The second-order valence-electron chi connectivity index (χ2n) is 7.14. The number of carbonyl (C=O) groups excluding carboxylic acids is 1. The van der Waals surface area contributed by atoms with Gasteiger partial charge >= 0.3 is 0 Å². The van der Waals surface area contributed by atoms with E-state index in [0.29, 0.717) is 6.54 Å². The zero-order valence-corrected chi connectivity index (χ0v) is 14.2. The lowest BCUT2D eigenvalue weighted by Crippen LogP contribution is -2.63. The molecule has 0 unspecified atom stereocenters. The van der Waals surface area contributed by atoms with E-state index < -0.39 is 23.5 Å². The van der Waals surface area contributed by atoms with Crippen LogP contribution in [-0.2, 0) is 0 Å². The van der Waals surface area contributed by atoms with Crippen molar-refractivity contribution in [3.8, 4) is 0 Å². The second-order valence-corrected chi connectivity index (χ2v) is 7.14. The molecule has 2 saturated heterocycles. The van der Waals surface area contributed by atoms with E-state index in [4.69, 9.17) is 0 Å². The molecule has 1 amide bonds. The van der Waals surface area contributed by atoms with E-state index in [1.165, 1.54) is 4.90 Å². The van der Waals surface area contributed by atoms with Crippen molar-refractivity contribution < 1.29 is 22.4 Å². The van der Waals surface area contributed by atoms with Gasteiger partial charge in [0.1, 0.15) is 11.6 Å². The largest absolute Gasteiger partial charge is 0.335 e. The van der Waals surface area contributed by atoms with Crippen LogP contribution in [0.2, 0.25) is 0 Å². The van der Waals surface area contributed by atoms with Gasteiger partial charge in [0.25, 0.3) is 11.8 Å². The summed E-state index contributed by atoms with van der Waals surface area (Å²) in [6.45, 7) is 0.675. The van der Waals surface area contributed by atoms with Crippen molar-refractivity contribution in [1.82, 2.24) is 14.7 Å². The number of alkyl halides is 2. The number of rotatable bonds is 4. The molecule has 138 valence electrons. The third kappa shape index (κ3) is 3.79. The first kappa shape index (κ1) is 18.1. The van der Waals surface area contributed by atoms with E-state index >= 15 is 0 Å².